The van der Waals surface area contributed by atoms with E-state index >= 15 is 0 Å². The van der Waals surface area contributed by atoms with Crippen LogP contribution >= 0.6 is 0 Å². The molecule has 53 heavy (non-hydrogen) atoms. The molecule has 0 aromatic rings. The zero-order chi connectivity index (χ0) is 38.9. The number of ketones is 2. The third-order valence-electron chi connectivity index (χ3n) is 11.5. The summed E-state index contributed by atoms with van der Waals surface area (Å²) in [7, 11) is 1.64. The quantitative estimate of drug-likeness (QED) is 0.0514. The number of likely N-dealkylation sites (tertiary alicyclic amines) is 1. The Balaban J connectivity index is 1.46. The topological polar surface area (TPSA) is 137 Å². The number of carbonyl (C=O) groups excluding carboxylic acids is 4. The molecule has 0 radical (unpaired) electrons. The number of Topliss-reactive ketones (excluding diaryl/α,β-unsaturated/α-hetero) is 2. The first kappa shape index (κ1) is 44.4. The van der Waals surface area contributed by atoms with Gasteiger partial charge in [-0.05, 0) is 128 Å². The van der Waals surface area contributed by atoms with E-state index in [-0.39, 0.29) is 49.1 Å². The van der Waals surface area contributed by atoms with Crippen LogP contribution in [0.4, 0.5) is 0 Å². The number of amides is 1. The zero-order valence-electron chi connectivity index (χ0n) is 33.1. The lowest BCUT2D eigenvalue weighted by molar-refractivity contribution is -0.177. The predicted octanol–water partition coefficient (Wildman–Crippen LogP) is 7.62. The number of ether oxygens (including phenoxy) is 3. The fraction of sp³-hybridized carbons (Fsp3) is 0.744. The molecule has 10 nitrogen and oxygen atoms in total. The number of rotatable bonds is 22. The van der Waals surface area contributed by atoms with Gasteiger partial charge < -0.3 is 29.0 Å². The van der Waals surface area contributed by atoms with Crippen LogP contribution in [-0.2, 0) is 38.2 Å². The van der Waals surface area contributed by atoms with Crippen LogP contribution in [0.1, 0.15) is 130 Å². The number of hydrogen-bond donors (Lipinski definition) is 1. The van der Waals surface area contributed by atoms with Gasteiger partial charge in [0.2, 0.25) is 5.78 Å². The van der Waals surface area contributed by atoms with E-state index in [9.17, 15) is 29.1 Å². The number of carbonyl (C=O) groups is 5. The summed E-state index contributed by atoms with van der Waals surface area (Å²) < 4.78 is 17.7. The summed E-state index contributed by atoms with van der Waals surface area (Å²) in [6.45, 7) is 12.7. The van der Waals surface area contributed by atoms with E-state index in [4.69, 9.17) is 14.2 Å². The SMILES string of the molecule is C=CCC(/C=C(\C)C[C@H](C)CCC1OC(C(=O)C(=O)N2CCCCC2C(=O)O)C(C)CC1OC)C(=O)CCCC/C(C)=C/C1CCC(OCC=O)CC1. The standard InChI is InChI=1S/C43H67NO9/c1-7-12-34(37(46)15-9-8-13-29(2)26-33-17-19-35(20-18-33)52-24-23-45)27-31(4)25-30(3)16-21-38-39(51-6)28-32(5)41(53-38)40(47)42(48)44-22-11-10-14-36(44)43(49)50/h7,23,26-27,30,32-36,38-39,41H,1,8-22,24-25,28H2,2-6H3,(H,49,50)/b29-26+,31-27+/t30-,32?,33?,34?,35?,36?,38?,39?,41?/m1/s1. The molecule has 0 spiro atoms. The normalized spacial score (nSPS) is 28.2. The molecule has 1 aliphatic carbocycles. The largest absolute Gasteiger partial charge is 0.480 e. The molecule has 7 atom stereocenters. The van der Waals surface area contributed by atoms with Gasteiger partial charge in [0.1, 0.15) is 30.8 Å². The first-order chi connectivity index (χ1) is 25.4. The third-order valence-corrected chi connectivity index (χ3v) is 11.5. The lowest BCUT2D eigenvalue weighted by Gasteiger charge is -2.40. The summed E-state index contributed by atoms with van der Waals surface area (Å²) in [5.74, 6) is -1.82. The van der Waals surface area contributed by atoms with Crippen LogP contribution in [0.15, 0.2) is 36.0 Å². The van der Waals surface area contributed by atoms with E-state index in [0.717, 1.165) is 69.6 Å². The summed E-state index contributed by atoms with van der Waals surface area (Å²) in [5, 5.41) is 9.63. The van der Waals surface area contributed by atoms with Gasteiger partial charge in [-0.1, -0.05) is 43.2 Å². The van der Waals surface area contributed by atoms with Crippen molar-refractivity contribution in [1.29, 1.82) is 0 Å². The maximum absolute atomic E-state index is 13.4. The highest BCUT2D eigenvalue weighted by molar-refractivity contribution is 6.38. The zero-order valence-corrected chi connectivity index (χ0v) is 33.1. The molecule has 3 rings (SSSR count). The Hall–Kier alpha value is -2.95. The van der Waals surface area contributed by atoms with Gasteiger partial charge >= 0.3 is 5.97 Å². The van der Waals surface area contributed by atoms with E-state index < -0.39 is 29.8 Å². The minimum atomic E-state index is -1.08. The number of carboxylic acid groups (broad SMARTS) is 1. The monoisotopic (exact) mass is 741 g/mol. The third kappa shape index (κ3) is 14.3. The molecule has 298 valence electrons. The van der Waals surface area contributed by atoms with Crippen molar-refractivity contribution < 1.29 is 43.3 Å². The number of unbranched alkanes of at least 4 members (excludes halogenated alkanes) is 1. The summed E-state index contributed by atoms with van der Waals surface area (Å²) in [4.78, 5) is 63.5. The summed E-state index contributed by atoms with van der Waals surface area (Å²) in [5.41, 5.74) is 2.55. The maximum Gasteiger partial charge on any atom is 0.326 e. The minimum Gasteiger partial charge on any atom is -0.480 e. The van der Waals surface area contributed by atoms with E-state index in [2.05, 4.69) is 39.5 Å². The minimum absolute atomic E-state index is 0.182. The second-order valence-corrected chi connectivity index (χ2v) is 16.0. The van der Waals surface area contributed by atoms with E-state index in [1.54, 1.807) is 7.11 Å². The molecule has 2 saturated heterocycles. The molecule has 0 aromatic heterocycles. The van der Waals surface area contributed by atoms with Crippen molar-refractivity contribution in [3.05, 3.63) is 36.0 Å². The first-order valence-corrected chi connectivity index (χ1v) is 20.2. The van der Waals surface area contributed by atoms with Crippen LogP contribution in [0.5, 0.6) is 0 Å². The Morgan fingerprint density at radius 3 is 2.40 bits per heavy atom. The van der Waals surface area contributed by atoms with Gasteiger partial charge in [0.05, 0.1) is 18.3 Å². The van der Waals surface area contributed by atoms with Crippen molar-refractivity contribution in [1.82, 2.24) is 4.90 Å². The van der Waals surface area contributed by atoms with Crippen LogP contribution in [0.25, 0.3) is 0 Å². The molecule has 3 fully saturated rings. The van der Waals surface area contributed by atoms with Crippen LogP contribution in [0.2, 0.25) is 0 Å². The number of allylic oxidation sites excluding steroid dienone is 5. The van der Waals surface area contributed by atoms with Crippen molar-refractivity contribution in [2.75, 3.05) is 20.3 Å². The molecule has 2 aliphatic heterocycles. The molecular formula is C43H67NO9. The highest BCUT2D eigenvalue weighted by atomic mass is 16.5. The van der Waals surface area contributed by atoms with Crippen LogP contribution in [0, 0.1) is 23.7 Å². The highest BCUT2D eigenvalue weighted by Crippen LogP contribution is 2.33. The van der Waals surface area contributed by atoms with Crippen molar-refractivity contribution in [2.24, 2.45) is 23.7 Å². The molecule has 1 saturated carbocycles. The van der Waals surface area contributed by atoms with Crippen LogP contribution in [0.3, 0.4) is 0 Å². The number of aldehydes is 1. The average Bonchev–Trinajstić information content (AvgIpc) is 3.14. The number of piperidine rings is 1. The number of carboxylic acids is 1. The van der Waals surface area contributed by atoms with Gasteiger partial charge in [-0.2, -0.15) is 0 Å². The second kappa shape index (κ2) is 23.1. The molecule has 0 bridgehead atoms. The van der Waals surface area contributed by atoms with E-state index in [1.807, 2.05) is 13.0 Å². The van der Waals surface area contributed by atoms with Crippen molar-refractivity contribution >= 4 is 29.7 Å². The Morgan fingerprint density at radius 2 is 1.74 bits per heavy atom. The van der Waals surface area contributed by atoms with Crippen molar-refractivity contribution in [3.63, 3.8) is 0 Å². The molecule has 2 heterocycles. The van der Waals surface area contributed by atoms with Gasteiger partial charge in [0.15, 0.2) is 0 Å². The number of nitrogens with zero attached hydrogens (tertiary/aromatic N) is 1. The molecule has 3 aliphatic rings. The Kier molecular flexibility index (Phi) is 19.4. The predicted molar refractivity (Wildman–Crippen MR) is 205 cm³/mol. The Morgan fingerprint density at radius 1 is 1.02 bits per heavy atom. The van der Waals surface area contributed by atoms with Crippen LogP contribution in [-0.4, -0.2) is 90.5 Å². The maximum atomic E-state index is 13.4. The van der Waals surface area contributed by atoms with E-state index in [1.165, 1.54) is 10.5 Å². The molecule has 1 amide bonds. The Bertz CT molecular complexity index is 1280. The van der Waals surface area contributed by atoms with Crippen LogP contribution < -0.4 is 0 Å². The van der Waals surface area contributed by atoms with Gasteiger partial charge in [0.25, 0.3) is 5.91 Å². The summed E-state index contributed by atoms with van der Waals surface area (Å²) in [6.07, 6.45) is 18.6. The fourth-order valence-electron chi connectivity index (χ4n) is 8.52. The Labute approximate surface area is 318 Å². The lowest BCUT2D eigenvalue weighted by atomic mass is 9.85. The second-order valence-electron chi connectivity index (χ2n) is 16.0. The molecule has 10 heteroatoms. The van der Waals surface area contributed by atoms with Crippen molar-refractivity contribution in [3.8, 4) is 0 Å². The average molecular weight is 742 g/mol. The van der Waals surface area contributed by atoms with E-state index in [0.29, 0.717) is 56.8 Å². The summed E-state index contributed by atoms with van der Waals surface area (Å²) >= 11 is 0. The van der Waals surface area contributed by atoms with Gasteiger partial charge in [-0.3, -0.25) is 14.4 Å². The molecule has 0 aromatic carbocycles. The number of hydrogen-bond acceptors (Lipinski definition) is 8. The number of methoxy groups -OCH3 is 1. The van der Waals surface area contributed by atoms with Gasteiger partial charge in [-0.25, -0.2) is 4.79 Å². The molecular weight excluding hydrogens is 674 g/mol. The highest BCUT2D eigenvalue weighted by Gasteiger charge is 2.44. The molecule has 6 unspecified atom stereocenters. The first-order valence-electron chi connectivity index (χ1n) is 20.2. The number of aliphatic carboxylic acids is 1. The molecule has 1 N–H and O–H groups in total. The van der Waals surface area contributed by atoms with Crippen molar-refractivity contribution in [2.45, 2.75) is 161 Å². The van der Waals surface area contributed by atoms with Gasteiger partial charge in [-0.15, -0.1) is 6.58 Å². The smallest absolute Gasteiger partial charge is 0.326 e. The fourth-order valence-corrected chi connectivity index (χ4v) is 8.52. The lowest BCUT2D eigenvalue weighted by Crippen LogP contribution is -2.55. The summed E-state index contributed by atoms with van der Waals surface area (Å²) in [6, 6.07) is -0.976. The van der Waals surface area contributed by atoms with Gasteiger partial charge in [0, 0.05) is 26.0 Å².